The second-order valence-electron chi connectivity index (χ2n) is 10.4. The van der Waals surface area contributed by atoms with Crippen molar-refractivity contribution in [2.24, 2.45) is 0 Å². The maximum absolute atomic E-state index is 13.1. The van der Waals surface area contributed by atoms with Crippen molar-refractivity contribution in [2.45, 2.75) is 45.7 Å². The van der Waals surface area contributed by atoms with E-state index < -0.39 is 0 Å². The molecule has 0 spiro atoms. The molecule has 0 radical (unpaired) electrons. The summed E-state index contributed by atoms with van der Waals surface area (Å²) in [6, 6.07) is 8.04. The third-order valence-corrected chi connectivity index (χ3v) is 6.52. The molecule has 5 rings (SSSR count). The third kappa shape index (κ3) is 5.36. The van der Waals surface area contributed by atoms with E-state index in [2.05, 4.69) is 66.3 Å². The van der Waals surface area contributed by atoms with Crippen LogP contribution in [0.1, 0.15) is 54.1 Å². The topological polar surface area (TPSA) is 130 Å². The smallest absolute Gasteiger partial charge is 0.273 e. The van der Waals surface area contributed by atoms with Crippen LogP contribution in [0.4, 0.5) is 11.6 Å². The van der Waals surface area contributed by atoms with Crippen molar-refractivity contribution < 1.29 is 4.79 Å². The average Bonchev–Trinajstić information content (AvgIpc) is 3.49. The number of benzene rings is 1. The molecule has 1 aromatic carbocycles. The predicted molar refractivity (Wildman–Crippen MR) is 141 cm³/mol. The van der Waals surface area contributed by atoms with Crippen molar-refractivity contribution in [3.05, 3.63) is 65.4 Å². The van der Waals surface area contributed by atoms with E-state index in [1.165, 1.54) is 5.56 Å². The number of amides is 1. The van der Waals surface area contributed by atoms with Crippen molar-refractivity contribution in [2.75, 3.05) is 25.5 Å². The van der Waals surface area contributed by atoms with Gasteiger partial charge in [-0.05, 0) is 64.4 Å². The number of likely N-dealkylation sites (N-methyl/N-ethyl adjacent to an activating group) is 1. The molecule has 4 aromatic rings. The normalized spacial score (nSPS) is 16.2. The number of aromatic amines is 1. The molecule has 3 aromatic heterocycles. The van der Waals surface area contributed by atoms with Gasteiger partial charge in [0.2, 0.25) is 5.95 Å². The molecule has 0 saturated carbocycles. The number of nitrogens with zero attached hydrogens (tertiary/aromatic N) is 7. The molecule has 4 heterocycles. The molecule has 1 atom stereocenters. The fraction of sp³-hybridized carbons (Fsp3) is 0.385. The first kappa shape index (κ1) is 24.6. The minimum absolute atomic E-state index is 0.171. The lowest BCUT2D eigenvalue weighted by atomic mass is 9.96. The fourth-order valence-electron chi connectivity index (χ4n) is 4.37. The van der Waals surface area contributed by atoms with Gasteiger partial charge in [0.05, 0.1) is 34.9 Å². The van der Waals surface area contributed by atoms with Gasteiger partial charge in [-0.15, -0.1) is 5.10 Å². The first-order valence-electron chi connectivity index (χ1n) is 12.3. The van der Waals surface area contributed by atoms with Crippen molar-refractivity contribution in [1.82, 2.24) is 45.4 Å². The molecule has 1 unspecified atom stereocenters. The van der Waals surface area contributed by atoms with Gasteiger partial charge in [-0.2, -0.15) is 5.10 Å². The number of fused-ring (bicyclic) bond motifs is 1. The molecule has 0 saturated heterocycles. The lowest BCUT2D eigenvalue weighted by Gasteiger charge is -2.22. The second-order valence-corrected chi connectivity index (χ2v) is 10.4. The van der Waals surface area contributed by atoms with Crippen LogP contribution in [0.5, 0.6) is 0 Å². The zero-order chi connectivity index (χ0) is 26.2. The predicted octanol–water partition coefficient (Wildman–Crippen LogP) is 3.22. The molecule has 37 heavy (non-hydrogen) atoms. The van der Waals surface area contributed by atoms with Gasteiger partial charge in [0, 0.05) is 31.0 Å². The maximum atomic E-state index is 13.1. The second kappa shape index (κ2) is 9.74. The Bertz CT molecular complexity index is 1420. The Morgan fingerprint density at radius 3 is 2.78 bits per heavy atom. The summed E-state index contributed by atoms with van der Waals surface area (Å²) in [6.45, 7) is 9.57. The Morgan fingerprint density at radius 1 is 1.22 bits per heavy atom. The summed E-state index contributed by atoms with van der Waals surface area (Å²) < 4.78 is 1.71. The van der Waals surface area contributed by atoms with E-state index in [4.69, 9.17) is 4.98 Å². The number of rotatable bonds is 5. The number of carbonyl (C=O) groups is 1. The van der Waals surface area contributed by atoms with Crippen molar-refractivity contribution in [1.29, 1.82) is 0 Å². The summed E-state index contributed by atoms with van der Waals surface area (Å²) in [5.41, 5.74) is 5.85. The lowest BCUT2D eigenvalue weighted by Crippen LogP contribution is -2.35. The molecule has 1 aliphatic rings. The summed E-state index contributed by atoms with van der Waals surface area (Å²) in [7, 11) is 2.07. The average molecular weight is 501 g/mol. The number of carbonyl (C=O) groups excluding carboxylic acids is 1. The Morgan fingerprint density at radius 2 is 2.05 bits per heavy atom. The van der Waals surface area contributed by atoms with Gasteiger partial charge in [-0.1, -0.05) is 17.3 Å². The SMILES string of the molecule is Cc1n[nH]cc1Nc1nccc(-c2ccc3c(c2)CCN(C)CC3NC(=O)c2cn(C(C)(C)C)nn2)n1. The van der Waals surface area contributed by atoms with Gasteiger partial charge < -0.3 is 15.5 Å². The van der Waals surface area contributed by atoms with Crippen molar-refractivity contribution in [3.8, 4) is 11.3 Å². The first-order valence-corrected chi connectivity index (χ1v) is 12.3. The lowest BCUT2D eigenvalue weighted by molar-refractivity contribution is 0.0924. The molecule has 11 heteroatoms. The number of nitrogens with one attached hydrogen (secondary N) is 3. The van der Waals surface area contributed by atoms with Crippen LogP contribution >= 0.6 is 0 Å². The van der Waals surface area contributed by atoms with Crippen LogP contribution in [0.2, 0.25) is 0 Å². The monoisotopic (exact) mass is 500 g/mol. The van der Waals surface area contributed by atoms with E-state index in [0.29, 0.717) is 18.2 Å². The van der Waals surface area contributed by atoms with Gasteiger partial charge in [0.15, 0.2) is 5.69 Å². The molecule has 3 N–H and O–H groups in total. The quantitative estimate of drug-likeness (QED) is 0.381. The van der Waals surface area contributed by atoms with E-state index >= 15 is 0 Å². The minimum Gasteiger partial charge on any atom is -0.342 e. The summed E-state index contributed by atoms with van der Waals surface area (Å²) in [4.78, 5) is 24.4. The molecular weight excluding hydrogens is 468 g/mol. The Labute approximate surface area is 215 Å². The van der Waals surface area contributed by atoms with Crippen molar-refractivity contribution in [3.63, 3.8) is 0 Å². The van der Waals surface area contributed by atoms with Crippen LogP contribution in [0.3, 0.4) is 0 Å². The van der Waals surface area contributed by atoms with E-state index in [-0.39, 0.29) is 17.5 Å². The number of H-pyrrole nitrogens is 1. The zero-order valence-electron chi connectivity index (χ0n) is 21.8. The number of aryl methyl sites for hydroxylation is 1. The Hall–Kier alpha value is -4.12. The highest BCUT2D eigenvalue weighted by molar-refractivity contribution is 5.92. The third-order valence-electron chi connectivity index (χ3n) is 6.52. The molecule has 0 bridgehead atoms. The zero-order valence-corrected chi connectivity index (χ0v) is 21.8. The largest absolute Gasteiger partial charge is 0.342 e. The molecule has 1 amide bonds. The van der Waals surface area contributed by atoms with Gasteiger partial charge in [0.1, 0.15) is 0 Å². The molecule has 0 fully saturated rings. The summed E-state index contributed by atoms with van der Waals surface area (Å²) in [5, 5.41) is 21.6. The van der Waals surface area contributed by atoms with Gasteiger partial charge in [0.25, 0.3) is 5.91 Å². The van der Waals surface area contributed by atoms with Crippen LogP contribution in [0, 0.1) is 6.92 Å². The molecule has 192 valence electrons. The van der Waals surface area contributed by atoms with Gasteiger partial charge in [-0.25, -0.2) is 14.6 Å². The highest BCUT2D eigenvalue weighted by atomic mass is 16.2. The van der Waals surface area contributed by atoms with Crippen LogP contribution in [-0.2, 0) is 12.0 Å². The number of hydrogen-bond acceptors (Lipinski definition) is 8. The highest BCUT2D eigenvalue weighted by Crippen LogP contribution is 2.29. The van der Waals surface area contributed by atoms with Crippen LogP contribution < -0.4 is 10.6 Å². The fourth-order valence-corrected chi connectivity index (χ4v) is 4.37. The maximum Gasteiger partial charge on any atom is 0.273 e. The molecular formula is C26H32N10O. The van der Waals surface area contributed by atoms with E-state index in [1.54, 1.807) is 23.3 Å². The van der Waals surface area contributed by atoms with Gasteiger partial charge in [-0.3, -0.25) is 9.89 Å². The molecule has 1 aliphatic heterocycles. The summed E-state index contributed by atoms with van der Waals surface area (Å²) in [5.74, 6) is 0.275. The number of anilines is 2. The van der Waals surface area contributed by atoms with Crippen LogP contribution in [0.25, 0.3) is 11.3 Å². The summed E-state index contributed by atoms with van der Waals surface area (Å²) in [6.07, 6.45) is 6.10. The Kier molecular flexibility index (Phi) is 6.46. The van der Waals surface area contributed by atoms with Crippen LogP contribution in [-0.4, -0.2) is 66.1 Å². The molecule has 0 aliphatic carbocycles. The minimum atomic E-state index is -0.245. The Balaban J connectivity index is 1.39. The van der Waals surface area contributed by atoms with Crippen LogP contribution in [0.15, 0.2) is 42.9 Å². The highest BCUT2D eigenvalue weighted by Gasteiger charge is 2.26. The first-order chi connectivity index (χ1) is 17.7. The number of hydrogen-bond donors (Lipinski definition) is 3. The van der Waals surface area contributed by atoms with E-state index in [0.717, 1.165) is 41.2 Å². The number of aromatic nitrogens is 7. The molecule has 11 nitrogen and oxygen atoms in total. The van der Waals surface area contributed by atoms with Gasteiger partial charge >= 0.3 is 0 Å². The van der Waals surface area contributed by atoms with E-state index in [1.807, 2.05) is 33.8 Å². The summed E-state index contributed by atoms with van der Waals surface area (Å²) >= 11 is 0. The standard InChI is InChI=1S/C26H32N10O/c1-16-21(13-28-32-16)31-25-27-10-8-20(30-25)18-6-7-19-17(12-18)9-11-35(5)14-22(19)29-24(37)23-15-36(34-33-23)26(2,3)4/h6-8,10,12-13,15,22H,9,11,14H2,1-5H3,(H,28,32)(H,29,37)(H,27,30,31). The van der Waals surface area contributed by atoms with Crippen molar-refractivity contribution >= 4 is 17.5 Å². The van der Waals surface area contributed by atoms with E-state index in [9.17, 15) is 4.79 Å².